The molecular formula is C32H23ClN6O10. The maximum atomic E-state index is 11.8. The van der Waals surface area contributed by atoms with Crippen molar-refractivity contribution in [2.24, 2.45) is 0 Å². The van der Waals surface area contributed by atoms with Crippen molar-refractivity contribution in [1.29, 1.82) is 0 Å². The van der Waals surface area contributed by atoms with E-state index >= 15 is 0 Å². The molecule has 0 saturated heterocycles. The fourth-order valence-corrected chi connectivity index (χ4v) is 4.19. The Kier molecular flexibility index (Phi) is 10.7. The molecule has 0 spiro atoms. The van der Waals surface area contributed by atoms with Crippen LogP contribution in [0.5, 0.6) is 11.5 Å². The lowest BCUT2D eigenvalue weighted by atomic mass is 10.1. The first kappa shape index (κ1) is 34.8. The SMILES string of the molecule is Nc1ccccc1.O=c1c(Cl)c(Nc2ccc([N+](=O)[O-])cc2O)c1=O.O=c1c(Nc2ccccc2)c(Nc2ccc([N+](=O)[O-])cc2O)c1=O. The molecular weight excluding hydrogens is 664 g/mol. The zero-order valence-electron chi connectivity index (χ0n) is 24.7. The zero-order chi connectivity index (χ0) is 35.8. The highest BCUT2D eigenvalue weighted by atomic mass is 35.5. The molecule has 0 aliphatic heterocycles. The van der Waals surface area contributed by atoms with Gasteiger partial charge in [0.1, 0.15) is 33.6 Å². The van der Waals surface area contributed by atoms with Gasteiger partial charge in [0.15, 0.2) is 0 Å². The number of nitrogens with one attached hydrogen (secondary N) is 3. The van der Waals surface area contributed by atoms with Crippen LogP contribution in [-0.2, 0) is 0 Å². The van der Waals surface area contributed by atoms with Gasteiger partial charge in [0.2, 0.25) is 5.43 Å². The molecule has 6 aromatic rings. The number of halogens is 1. The van der Waals surface area contributed by atoms with Gasteiger partial charge in [0, 0.05) is 23.5 Å². The first-order valence-electron chi connectivity index (χ1n) is 13.7. The number of nitrogen functional groups attached to an aromatic ring is 1. The van der Waals surface area contributed by atoms with Gasteiger partial charge in [-0.2, -0.15) is 0 Å². The number of non-ortho nitro benzene ring substituents is 2. The van der Waals surface area contributed by atoms with Crippen LogP contribution in [0.15, 0.2) is 116 Å². The molecule has 0 heterocycles. The first-order chi connectivity index (χ1) is 23.3. The Morgan fingerprint density at radius 3 is 1.37 bits per heavy atom. The van der Waals surface area contributed by atoms with Crippen LogP contribution in [0.25, 0.3) is 0 Å². The third-order valence-corrected chi connectivity index (χ3v) is 6.87. The smallest absolute Gasteiger partial charge is 0.273 e. The molecule has 0 radical (unpaired) electrons. The molecule has 0 aromatic heterocycles. The topological polar surface area (TPSA) is 257 Å². The molecule has 7 N–H and O–H groups in total. The van der Waals surface area contributed by atoms with Crippen molar-refractivity contribution in [2.75, 3.05) is 21.7 Å². The second-order valence-electron chi connectivity index (χ2n) is 9.82. The van der Waals surface area contributed by atoms with E-state index in [1.54, 1.807) is 30.3 Å². The Morgan fingerprint density at radius 2 is 0.980 bits per heavy atom. The third kappa shape index (κ3) is 8.21. The van der Waals surface area contributed by atoms with Gasteiger partial charge >= 0.3 is 0 Å². The van der Waals surface area contributed by atoms with Crippen LogP contribution in [-0.4, -0.2) is 20.1 Å². The largest absolute Gasteiger partial charge is 0.506 e. The summed E-state index contributed by atoms with van der Waals surface area (Å²) in [5.41, 5.74) is 3.28. The summed E-state index contributed by atoms with van der Waals surface area (Å²) in [6, 6.07) is 24.9. The van der Waals surface area contributed by atoms with Crippen molar-refractivity contribution in [1.82, 2.24) is 0 Å². The fraction of sp³-hybridized carbons (Fsp3) is 0. The number of phenols is 2. The maximum absolute atomic E-state index is 11.8. The van der Waals surface area contributed by atoms with Gasteiger partial charge in [-0.05, 0) is 36.4 Å². The monoisotopic (exact) mass is 686 g/mol. The number of rotatable bonds is 8. The number of benzene rings is 4. The molecule has 0 fully saturated rings. The lowest BCUT2D eigenvalue weighted by Crippen LogP contribution is -2.35. The molecule has 0 amide bonds. The summed E-state index contributed by atoms with van der Waals surface area (Å²) in [4.78, 5) is 65.2. The third-order valence-electron chi connectivity index (χ3n) is 6.51. The number of anilines is 7. The lowest BCUT2D eigenvalue weighted by Gasteiger charge is -2.15. The molecule has 0 saturated carbocycles. The van der Waals surface area contributed by atoms with E-state index in [4.69, 9.17) is 17.3 Å². The zero-order valence-corrected chi connectivity index (χ0v) is 25.5. The molecule has 6 aromatic carbocycles. The second kappa shape index (κ2) is 15.0. The number of nitrogens with zero attached hydrogens (tertiary/aromatic N) is 2. The predicted molar refractivity (Wildman–Crippen MR) is 184 cm³/mol. The van der Waals surface area contributed by atoms with E-state index in [9.17, 15) is 49.6 Å². The second-order valence-corrected chi connectivity index (χ2v) is 10.2. The molecule has 49 heavy (non-hydrogen) atoms. The van der Waals surface area contributed by atoms with Gasteiger partial charge in [-0.3, -0.25) is 39.4 Å². The number of nitro groups is 2. The standard InChI is InChI=1S/C16H11N3O5.C10H5ClN2O5.C6H7N/c20-12-8-10(19(23)24)6-7-11(12)18-14-13(15(21)16(14)22)17-9-4-2-1-3-5-9;11-7-8(10(16)9(7)15)12-5-2-1-4(13(17)18)3-6(5)14;7-6-4-2-1-3-5-6/h1-8,17-18,20H;1-3,12,14H;1-5H,7H2. The quantitative estimate of drug-likeness (QED) is 0.0407. The molecule has 0 bridgehead atoms. The molecule has 0 unspecified atom stereocenters. The minimum absolute atomic E-state index is 0.00648. The minimum atomic E-state index is -0.805. The number of phenolic OH excluding ortho intramolecular Hbond substituents is 2. The van der Waals surface area contributed by atoms with E-state index in [1.165, 1.54) is 18.2 Å². The molecule has 17 heteroatoms. The lowest BCUT2D eigenvalue weighted by molar-refractivity contribution is -0.385. The fourth-order valence-electron chi connectivity index (χ4n) is 3.97. The van der Waals surface area contributed by atoms with Gasteiger partial charge in [-0.1, -0.05) is 48.0 Å². The van der Waals surface area contributed by atoms with Crippen LogP contribution in [0.3, 0.4) is 0 Å². The van der Waals surface area contributed by atoms with Gasteiger partial charge in [0.25, 0.3) is 27.7 Å². The summed E-state index contributed by atoms with van der Waals surface area (Å²) in [5, 5.41) is 48.1. The summed E-state index contributed by atoms with van der Waals surface area (Å²) < 4.78 is 0. The molecule has 248 valence electrons. The Hall–Kier alpha value is -7.07. The number of aromatic hydroxyl groups is 2. The molecule has 6 rings (SSSR count). The van der Waals surface area contributed by atoms with E-state index in [-0.39, 0.29) is 44.8 Å². The maximum Gasteiger partial charge on any atom is 0.273 e. The Morgan fingerprint density at radius 1 is 0.571 bits per heavy atom. The number of hydrogen-bond acceptors (Lipinski definition) is 14. The summed E-state index contributed by atoms with van der Waals surface area (Å²) in [7, 11) is 0. The van der Waals surface area contributed by atoms with Gasteiger partial charge in [0.05, 0.1) is 33.4 Å². The summed E-state index contributed by atoms with van der Waals surface area (Å²) >= 11 is 5.50. The predicted octanol–water partition coefficient (Wildman–Crippen LogP) is 4.95. The van der Waals surface area contributed by atoms with Crippen LogP contribution in [0.4, 0.5) is 51.2 Å². The summed E-state index contributed by atoms with van der Waals surface area (Å²) in [6.45, 7) is 0. The Labute approximate surface area is 279 Å². The number of hydrogen-bond donors (Lipinski definition) is 6. The van der Waals surface area contributed by atoms with Crippen LogP contribution < -0.4 is 43.4 Å². The van der Waals surface area contributed by atoms with Crippen molar-refractivity contribution in [3.05, 3.63) is 163 Å². The van der Waals surface area contributed by atoms with Crippen molar-refractivity contribution in [3.8, 4) is 11.5 Å². The van der Waals surface area contributed by atoms with E-state index in [2.05, 4.69) is 16.0 Å². The molecule has 0 aliphatic rings. The van der Waals surface area contributed by atoms with E-state index in [0.717, 1.165) is 23.9 Å². The van der Waals surface area contributed by atoms with E-state index in [0.29, 0.717) is 5.69 Å². The van der Waals surface area contributed by atoms with Crippen LogP contribution in [0, 0.1) is 20.2 Å². The highest BCUT2D eigenvalue weighted by molar-refractivity contribution is 6.34. The summed E-state index contributed by atoms with van der Waals surface area (Å²) in [6.07, 6.45) is 0. The normalized spacial score (nSPS) is 10.2. The van der Waals surface area contributed by atoms with Crippen LogP contribution in [0.2, 0.25) is 5.02 Å². The van der Waals surface area contributed by atoms with Gasteiger partial charge in [-0.15, -0.1) is 0 Å². The Balaban J connectivity index is 0.000000189. The highest BCUT2D eigenvalue weighted by Crippen LogP contribution is 2.33. The molecule has 0 aliphatic carbocycles. The minimum Gasteiger partial charge on any atom is -0.506 e. The average molecular weight is 687 g/mol. The number of para-hydroxylation sites is 2. The molecule has 0 atom stereocenters. The summed E-state index contributed by atoms with van der Waals surface area (Å²) in [5.74, 6) is -0.823. The van der Waals surface area contributed by atoms with Gasteiger partial charge in [-0.25, -0.2) is 0 Å². The van der Waals surface area contributed by atoms with Crippen LogP contribution in [0.1, 0.15) is 0 Å². The van der Waals surface area contributed by atoms with Crippen molar-refractivity contribution >= 4 is 62.8 Å². The van der Waals surface area contributed by atoms with Crippen LogP contribution >= 0.6 is 11.6 Å². The van der Waals surface area contributed by atoms with E-state index < -0.39 is 43.1 Å². The Bertz CT molecular complexity index is 2300. The highest BCUT2D eigenvalue weighted by Gasteiger charge is 2.23. The van der Waals surface area contributed by atoms with Crippen molar-refractivity contribution < 1.29 is 20.1 Å². The van der Waals surface area contributed by atoms with Crippen molar-refractivity contribution in [2.45, 2.75) is 0 Å². The number of nitrogens with two attached hydrogens (primary N) is 1. The average Bonchev–Trinajstić information content (AvgIpc) is 3.10. The number of nitro benzene ring substituents is 2. The van der Waals surface area contributed by atoms with Crippen molar-refractivity contribution in [3.63, 3.8) is 0 Å². The molecule has 16 nitrogen and oxygen atoms in total. The first-order valence-corrected chi connectivity index (χ1v) is 14.1. The van der Waals surface area contributed by atoms with Gasteiger partial charge < -0.3 is 31.9 Å². The van der Waals surface area contributed by atoms with E-state index in [1.807, 2.05) is 30.3 Å².